The maximum Gasteiger partial charge on any atom is 0.0920 e. The fraction of sp³-hybridized carbons (Fsp3) is 0.500. The average Bonchev–Trinajstić information content (AvgIpc) is 2.69. The maximum atomic E-state index is 7.35. The van der Waals surface area contributed by atoms with E-state index in [1.165, 1.54) is 10.5 Å². The van der Waals surface area contributed by atoms with Gasteiger partial charge in [-0.3, -0.25) is 5.41 Å². The van der Waals surface area contributed by atoms with Gasteiger partial charge in [0.15, 0.2) is 0 Å². The molecule has 2 atom stereocenters. The number of benzene rings is 1. The van der Waals surface area contributed by atoms with Crippen molar-refractivity contribution in [1.82, 2.24) is 4.90 Å². The maximum absolute atomic E-state index is 7.35. The molecular weight excluding hydrogens is 242 g/mol. The molecule has 1 heterocycles. The largest absolute Gasteiger partial charge is 0.388 e. The Balaban J connectivity index is 1.87. The van der Waals surface area contributed by atoms with E-state index in [-0.39, 0.29) is 5.84 Å². The predicted octanol–water partition coefficient (Wildman–Crippen LogP) is 2.35. The Hall–Kier alpha value is -1.00. The van der Waals surface area contributed by atoms with Crippen LogP contribution in [0, 0.1) is 5.41 Å². The number of nitrogens with two attached hydrogens (primary N) is 1. The fourth-order valence-electron chi connectivity index (χ4n) is 2.33. The van der Waals surface area contributed by atoms with Crippen LogP contribution < -0.4 is 5.73 Å². The van der Waals surface area contributed by atoms with Crippen LogP contribution in [0.1, 0.15) is 18.9 Å². The molecule has 0 aliphatic carbocycles. The number of fused-ring (bicyclic) bond motifs is 1. The lowest BCUT2D eigenvalue weighted by Gasteiger charge is -2.26. The summed E-state index contributed by atoms with van der Waals surface area (Å²) in [4.78, 5) is 3.74. The molecule has 2 unspecified atom stereocenters. The summed E-state index contributed by atoms with van der Waals surface area (Å²) in [5.74, 6) is 0.275. The van der Waals surface area contributed by atoms with Gasteiger partial charge < -0.3 is 10.6 Å². The smallest absolute Gasteiger partial charge is 0.0920 e. The molecule has 1 aromatic rings. The molecule has 3 nitrogen and oxygen atoms in total. The molecule has 0 bridgehead atoms. The lowest BCUT2D eigenvalue weighted by atomic mass is 10.1. The Morgan fingerprint density at radius 1 is 1.56 bits per heavy atom. The Morgan fingerprint density at radius 2 is 2.28 bits per heavy atom. The van der Waals surface area contributed by atoms with E-state index in [1.54, 1.807) is 0 Å². The minimum atomic E-state index is 0.275. The highest BCUT2D eigenvalue weighted by atomic mass is 32.2. The Morgan fingerprint density at radius 3 is 2.94 bits per heavy atom. The first-order valence-electron chi connectivity index (χ1n) is 6.34. The van der Waals surface area contributed by atoms with Gasteiger partial charge in [-0.25, -0.2) is 0 Å². The van der Waals surface area contributed by atoms with Gasteiger partial charge in [-0.1, -0.05) is 18.2 Å². The van der Waals surface area contributed by atoms with Crippen LogP contribution in [-0.2, 0) is 6.42 Å². The van der Waals surface area contributed by atoms with Gasteiger partial charge in [-0.15, -0.1) is 11.8 Å². The van der Waals surface area contributed by atoms with Crippen LogP contribution in [-0.4, -0.2) is 35.6 Å². The van der Waals surface area contributed by atoms with E-state index in [9.17, 15) is 0 Å². The summed E-state index contributed by atoms with van der Waals surface area (Å²) < 4.78 is 0. The topological polar surface area (TPSA) is 53.1 Å². The van der Waals surface area contributed by atoms with Crippen molar-refractivity contribution < 1.29 is 0 Å². The van der Waals surface area contributed by atoms with Gasteiger partial charge in [-0.05, 0) is 32.0 Å². The van der Waals surface area contributed by atoms with Gasteiger partial charge in [0.1, 0.15) is 0 Å². The summed E-state index contributed by atoms with van der Waals surface area (Å²) in [5, 5.41) is 7.98. The second-order valence-corrected chi connectivity index (χ2v) is 6.41. The van der Waals surface area contributed by atoms with E-state index >= 15 is 0 Å². The van der Waals surface area contributed by atoms with Crippen LogP contribution >= 0.6 is 11.8 Å². The number of thioether (sulfide) groups is 1. The molecule has 0 spiro atoms. The third-order valence-corrected chi connectivity index (χ3v) is 4.77. The standard InChI is InChI=1S/C14H21N3S/c1-10(7-14(15)16)17(2)9-12-8-11-5-3-4-6-13(11)18-12/h3-6,10,12H,7-9H2,1-2H3,(H3,15,16). The van der Waals surface area contributed by atoms with E-state index < -0.39 is 0 Å². The normalized spacial score (nSPS) is 19.8. The zero-order valence-electron chi connectivity index (χ0n) is 11.0. The minimum absolute atomic E-state index is 0.275. The number of nitrogens with one attached hydrogen (secondary N) is 1. The highest BCUT2D eigenvalue weighted by Gasteiger charge is 2.24. The van der Waals surface area contributed by atoms with E-state index in [0.29, 0.717) is 17.7 Å². The summed E-state index contributed by atoms with van der Waals surface area (Å²) in [6.07, 6.45) is 1.80. The SMILES string of the molecule is CC(CC(=N)N)N(C)CC1Cc2ccccc2S1. The Labute approximate surface area is 113 Å². The van der Waals surface area contributed by atoms with Crippen LogP contribution in [0.15, 0.2) is 29.2 Å². The quantitative estimate of drug-likeness (QED) is 0.633. The molecule has 1 aliphatic heterocycles. The molecule has 18 heavy (non-hydrogen) atoms. The van der Waals surface area contributed by atoms with Crippen LogP contribution in [0.25, 0.3) is 0 Å². The third kappa shape index (κ3) is 3.27. The van der Waals surface area contributed by atoms with Crippen molar-refractivity contribution in [2.75, 3.05) is 13.6 Å². The van der Waals surface area contributed by atoms with Gasteiger partial charge in [0.05, 0.1) is 5.84 Å². The van der Waals surface area contributed by atoms with Crippen molar-refractivity contribution in [2.24, 2.45) is 5.73 Å². The molecule has 4 heteroatoms. The van der Waals surface area contributed by atoms with Crippen molar-refractivity contribution in [3.05, 3.63) is 29.8 Å². The molecule has 0 radical (unpaired) electrons. The van der Waals surface area contributed by atoms with E-state index in [4.69, 9.17) is 11.1 Å². The van der Waals surface area contributed by atoms with Gasteiger partial charge in [0.25, 0.3) is 0 Å². The molecule has 0 amide bonds. The predicted molar refractivity (Wildman–Crippen MR) is 78.4 cm³/mol. The van der Waals surface area contributed by atoms with Crippen molar-refractivity contribution in [3.8, 4) is 0 Å². The third-order valence-electron chi connectivity index (χ3n) is 3.47. The molecule has 2 rings (SSSR count). The van der Waals surface area contributed by atoms with Crippen LogP contribution in [0.2, 0.25) is 0 Å². The van der Waals surface area contributed by atoms with Crippen LogP contribution in [0.3, 0.4) is 0 Å². The zero-order valence-corrected chi connectivity index (χ0v) is 11.8. The summed E-state index contributed by atoms with van der Waals surface area (Å²) in [5.41, 5.74) is 6.93. The molecule has 0 saturated carbocycles. The van der Waals surface area contributed by atoms with Gasteiger partial charge in [0.2, 0.25) is 0 Å². The number of hydrogen-bond donors (Lipinski definition) is 2. The summed E-state index contributed by atoms with van der Waals surface area (Å²) in [6, 6.07) is 8.99. The second-order valence-electron chi connectivity index (χ2n) is 5.07. The van der Waals surface area contributed by atoms with Crippen molar-refractivity contribution in [1.29, 1.82) is 5.41 Å². The molecule has 98 valence electrons. The van der Waals surface area contributed by atoms with Gasteiger partial charge in [-0.2, -0.15) is 0 Å². The van der Waals surface area contributed by atoms with E-state index in [1.807, 2.05) is 11.8 Å². The number of amidine groups is 1. The number of hydrogen-bond acceptors (Lipinski definition) is 3. The van der Waals surface area contributed by atoms with Gasteiger partial charge in [0, 0.05) is 29.2 Å². The van der Waals surface area contributed by atoms with Crippen molar-refractivity contribution >= 4 is 17.6 Å². The number of rotatable bonds is 5. The zero-order chi connectivity index (χ0) is 13.1. The molecule has 3 N–H and O–H groups in total. The molecular formula is C14H21N3S. The fourth-order valence-corrected chi connectivity index (χ4v) is 3.72. The summed E-state index contributed by atoms with van der Waals surface area (Å²) in [6.45, 7) is 3.18. The lowest BCUT2D eigenvalue weighted by Crippen LogP contribution is -2.37. The monoisotopic (exact) mass is 263 g/mol. The van der Waals surface area contributed by atoms with Crippen LogP contribution in [0.4, 0.5) is 0 Å². The Bertz CT molecular complexity index is 408. The van der Waals surface area contributed by atoms with Gasteiger partial charge >= 0.3 is 0 Å². The second kappa shape index (κ2) is 5.76. The van der Waals surface area contributed by atoms with Crippen molar-refractivity contribution in [2.45, 2.75) is 36.0 Å². The van der Waals surface area contributed by atoms with E-state index in [2.05, 4.69) is 43.1 Å². The molecule has 0 saturated heterocycles. The summed E-state index contributed by atoms with van der Waals surface area (Å²) in [7, 11) is 2.12. The Kier molecular flexibility index (Phi) is 4.30. The highest BCUT2D eigenvalue weighted by Crippen LogP contribution is 2.37. The van der Waals surface area contributed by atoms with Crippen LogP contribution in [0.5, 0.6) is 0 Å². The summed E-state index contributed by atoms with van der Waals surface area (Å²) >= 11 is 1.97. The first-order valence-corrected chi connectivity index (χ1v) is 7.22. The molecule has 0 aromatic heterocycles. The first kappa shape index (κ1) is 13.4. The molecule has 1 aliphatic rings. The molecule has 0 fully saturated rings. The lowest BCUT2D eigenvalue weighted by molar-refractivity contribution is 0.264. The minimum Gasteiger partial charge on any atom is -0.388 e. The van der Waals surface area contributed by atoms with E-state index in [0.717, 1.165) is 13.0 Å². The average molecular weight is 263 g/mol. The van der Waals surface area contributed by atoms with Crippen molar-refractivity contribution in [3.63, 3.8) is 0 Å². The highest BCUT2D eigenvalue weighted by molar-refractivity contribution is 8.00. The first-order chi connectivity index (χ1) is 8.56. The molecule has 1 aromatic carbocycles. The number of nitrogens with zero attached hydrogens (tertiary/aromatic N) is 1.